The molecule has 2 saturated heterocycles. The summed E-state index contributed by atoms with van der Waals surface area (Å²) in [5.41, 5.74) is 6.61. The number of primary amides is 1. The Morgan fingerprint density at radius 1 is 1.06 bits per heavy atom. The molecular formula is C38H36N6O6S2. The first-order valence-corrected chi connectivity index (χ1v) is 18.6. The lowest BCUT2D eigenvalue weighted by Gasteiger charge is -2.24. The number of hydrogen-bond acceptors (Lipinski definition) is 9. The van der Waals surface area contributed by atoms with E-state index in [9.17, 15) is 24.0 Å². The molecule has 3 aliphatic rings. The second-order valence-electron chi connectivity index (χ2n) is 13.1. The molecule has 3 aliphatic heterocycles. The van der Waals surface area contributed by atoms with Gasteiger partial charge in [0.05, 0.1) is 12.3 Å². The lowest BCUT2D eigenvalue weighted by atomic mass is 9.91. The molecule has 14 heteroatoms. The van der Waals surface area contributed by atoms with E-state index in [0.29, 0.717) is 36.2 Å². The number of anilines is 1. The SMILES string of the molecule is NC(=O)[C@H](Cc1cc2ccccc2s1)NC(=O)[C@@H]1CC2(CC(c3cccc(NC(=O)[C@@H]4CCC(=O)N4)c3)=NO2)CN1C(=O)/C=C/Sc1ccccc1. The summed E-state index contributed by atoms with van der Waals surface area (Å²) in [5, 5.41) is 15.5. The van der Waals surface area contributed by atoms with Crippen LogP contribution in [0.25, 0.3) is 10.1 Å². The van der Waals surface area contributed by atoms with Gasteiger partial charge in [0.25, 0.3) is 0 Å². The van der Waals surface area contributed by atoms with Crippen molar-refractivity contribution in [2.75, 3.05) is 11.9 Å². The van der Waals surface area contributed by atoms with Crippen LogP contribution in [0, 0.1) is 0 Å². The van der Waals surface area contributed by atoms with Gasteiger partial charge in [-0.3, -0.25) is 24.0 Å². The number of carbonyl (C=O) groups is 5. The number of nitrogens with one attached hydrogen (secondary N) is 3. The van der Waals surface area contributed by atoms with Gasteiger partial charge in [0.2, 0.25) is 29.5 Å². The molecule has 0 aliphatic carbocycles. The smallest absolute Gasteiger partial charge is 0.247 e. The van der Waals surface area contributed by atoms with Crippen LogP contribution in [0.15, 0.2) is 106 Å². The standard InChI is InChI=1S/C38H36N6O6S2/c39-35(47)29(19-27-18-24-7-4-5-12-32(24)52-27)42-37(49)31-21-38(22-44(31)34(46)15-16-51-26-10-2-1-3-11-26)20-30(43-50-38)23-8-6-9-25(17-23)40-36(48)28-13-14-33(45)41-28/h1-12,15-18,28-29,31H,13-14,19-22H2,(H2,39,47)(H,40,48)(H,41,45)(H,42,49)/b16-15+/t28-,29-,31-,38?/m0/s1. The second kappa shape index (κ2) is 15.0. The summed E-state index contributed by atoms with van der Waals surface area (Å²) in [6, 6.07) is 24.0. The van der Waals surface area contributed by atoms with Crippen LogP contribution in [0.1, 0.15) is 36.1 Å². The molecule has 52 heavy (non-hydrogen) atoms. The van der Waals surface area contributed by atoms with E-state index in [-0.39, 0.29) is 37.1 Å². The number of benzene rings is 3. The number of rotatable bonds is 11. The lowest BCUT2D eigenvalue weighted by Crippen LogP contribution is -2.52. The Bertz CT molecular complexity index is 2070. The van der Waals surface area contributed by atoms with Crippen molar-refractivity contribution in [3.8, 4) is 0 Å². The fourth-order valence-corrected chi connectivity index (χ4v) is 8.46. The topological polar surface area (TPSA) is 172 Å². The fourth-order valence-electron chi connectivity index (χ4n) is 6.70. The summed E-state index contributed by atoms with van der Waals surface area (Å²) in [7, 11) is 0. The average Bonchev–Trinajstić information content (AvgIpc) is 3.94. The molecule has 5 amide bonds. The van der Waals surface area contributed by atoms with E-state index in [1.165, 1.54) is 34.1 Å². The quantitative estimate of drug-likeness (QED) is 0.133. The zero-order valence-corrected chi connectivity index (χ0v) is 29.6. The Balaban J connectivity index is 1.07. The molecular weight excluding hydrogens is 701 g/mol. The first-order valence-electron chi connectivity index (χ1n) is 16.9. The Kier molecular flexibility index (Phi) is 10.1. The van der Waals surface area contributed by atoms with Crippen molar-refractivity contribution in [2.45, 2.75) is 60.7 Å². The largest absolute Gasteiger partial charge is 0.387 e. The van der Waals surface area contributed by atoms with Crippen LogP contribution in [-0.2, 0) is 35.2 Å². The molecule has 266 valence electrons. The van der Waals surface area contributed by atoms with E-state index < -0.39 is 35.5 Å². The molecule has 4 aromatic rings. The number of amides is 5. The van der Waals surface area contributed by atoms with Crippen molar-refractivity contribution in [2.24, 2.45) is 10.9 Å². The number of oxime groups is 1. The Morgan fingerprint density at radius 3 is 2.63 bits per heavy atom. The van der Waals surface area contributed by atoms with Gasteiger partial charge in [-0.1, -0.05) is 65.4 Å². The van der Waals surface area contributed by atoms with Crippen molar-refractivity contribution >= 4 is 74.1 Å². The number of hydrogen-bond donors (Lipinski definition) is 4. The monoisotopic (exact) mass is 736 g/mol. The summed E-state index contributed by atoms with van der Waals surface area (Å²) in [4.78, 5) is 74.0. The summed E-state index contributed by atoms with van der Waals surface area (Å²) in [6.45, 7) is 0.0760. The van der Waals surface area contributed by atoms with Gasteiger partial charge in [-0.05, 0) is 53.6 Å². The third-order valence-corrected chi connectivity index (χ3v) is 11.3. The number of thioether (sulfide) groups is 1. The number of carbonyl (C=O) groups excluding carboxylic acids is 5. The highest BCUT2D eigenvalue weighted by Crippen LogP contribution is 2.39. The van der Waals surface area contributed by atoms with Gasteiger partial charge < -0.3 is 31.4 Å². The molecule has 1 unspecified atom stereocenters. The van der Waals surface area contributed by atoms with Crippen molar-refractivity contribution in [1.29, 1.82) is 0 Å². The second-order valence-corrected chi connectivity index (χ2v) is 15.2. The fraction of sp³-hybridized carbons (Fsp3) is 0.263. The van der Waals surface area contributed by atoms with Gasteiger partial charge >= 0.3 is 0 Å². The zero-order valence-electron chi connectivity index (χ0n) is 28.0. The summed E-state index contributed by atoms with van der Waals surface area (Å²) < 4.78 is 1.06. The van der Waals surface area contributed by atoms with Gasteiger partial charge in [0, 0.05) is 57.5 Å². The number of nitrogens with zero attached hydrogens (tertiary/aromatic N) is 2. The van der Waals surface area contributed by atoms with Crippen LogP contribution >= 0.6 is 23.1 Å². The molecule has 4 heterocycles. The summed E-state index contributed by atoms with van der Waals surface area (Å²) in [6.07, 6.45) is 2.80. The maximum absolute atomic E-state index is 14.0. The molecule has 4 atom stereocenters. The van der Waals surface area contributed by atoms with Crippen LogP contribution in [0.4, 0.5) is 5.69 Å². The minimum atomic E-state index is -1.01. The van der Waals surface area contributed by atoms with E-state index in [4.69, 9.17) is 10.6 Å². The molecule has 0 radical (unpaired) electrons. The number of thiophene rings is 1. The van der Waals surface area contributed by atoms with Crippen LogP contribution in [-0.4, -0.2) is 70.4 Å². The first-order chi connectivity index (χ1) is 25.1. The third kappa shape index (κ3) is 7.87. The first kappa shape index (κ1) is 35.0. The minimum absolute atomic E-state index is 0.0760. The predicted octanol–water partition coefficient (Wildman–Crippen LogP) is 4.10. The van der Waals surface area contributed by atoms with Crippen LogP contribution in [0.5, 0.6) is 0 Å². The van der Waals surface area contributed by atoms with Gasteiger partial charge in [-0.25, -0.2) is 0 Å². The zero-order chi connectivity index (χ0) is 36.2. The Hall–Kier alpha value is -5.47. The van der Waals surface area contributed by atoms with E-state index in [1.807, 2.05) is 66.7 Å². The van der Waals surface area contributed by atoms with Crippen molar-refractivity contribution < 1.29 is 28.8 Å². The molecule has 7 rings (SSSR count). The molecule has 3 aromatic carbocycles. The molecule has 0 saturated carbocycles. The highest BCUT2D eigenvalue weighted by atomic mass is 32.2. The van der Waals surface area contributed by atoms with Crippen molar-refractivity contribution in [3.63, 3.8) is 0 Å². The van der Waals surface area contributed by atoms with Crippen LogP contribution in [0.2, 0.25) is 0 Å². The van der Waals surface area contributed by atoms with E-state index in [0.717, 1.165) is 19.9 Å². The molecule has 0 bridgehead atoms. The predicted molar refractivity (Wildman–Crippen MR) is 199 cm³/mol. The van der Waals surface area contributed by atoms with E-state index >= 15 is 0 Å². The number of fused-ring (bicyclic) bond motifs is 1. The number of nitrogens with two attached hydrogens (primary N) is 1. The molecule has 12 nitrogen and oxygen atoms in total. The van der Waals surface area contributed by atoms with E-state index in [1.54, 1.807) is 23.6 Å². The molecule has 1 spiro atoms. The van der Waals surface area contributed by atoms with Gasteiger partial charge in [-0.2, -0.15) is 0 Å². The Morgan fingerprint density at radius 2 is 1.87 bits per heavy atom. The highest BCUT2D eigenvalue weighted by Gasteiger charge is 2.53. The normalized spacial score (nSPS) is 21.6. The molecule has 1 aromatic heterocycles. The summed E-state index contributed by atoms with van der Waals surface area (Å²) in [5.74, 6) is -2.04. The van der Waals surface area contributed by atoms with Crippen LogP contribution < -0.4 is 21.7 Å². The lowest BCUT2D eigenvalue weighted by molar-refractivity contribution is -0.136. The number of likely N-dealkylation sites (tertiary alicyclic amines) is 1. The summed E-state index contributed by atoms with van der Waals surface area (Å²) >= 11 is 2.91. The van der Waals surface area contributed by atoms with Crippen molar-refractivity contribution in [3.05, 3.63) is 107 Å². The third-order valence-electron chi connectivity index (χ3n) is 9.30. The van der Waals surface area contributed by atoms with Gasteiger partial charge in [0.1, 0.15) is 18.1 Å². The Labute approximate surface area is 307 Å². The van der Waals surface area contributed by atoms with Crippen LogP contribution in [0.3, 0.4) is 0 Å². The maximum Gasteiger partial charge on any atom is 0.247 e. The average molecular weight is 737 g/mol. The van der Waals surface area contributed by atoms with Gasteiger partial charge in [-0.15, -0.1) is 11.3 Å². The van der Waals surface area contributed by atoms with Crippen molar-refractivity contribution in [1.82, 2.24) is 15.5 Å². The maximum atomic E-state index is 14.0. The minimum Gasteiger partial charge on any atom is -0.387 e. The van der Waals surface area contributed by atoms with Gasteiger partial charge in [0.15, 0.2) is 5.60 Å². The van der Waals surface area contributed by atoms with E-state index in [2.05, 4.69) is 21.1 Å². The molecule has 5 N–H and O–H groups in total. The highest BCUT2D eigenvalue weighted by molar-refractivity contribution is 8.02. The molecule has 2 fully saturated rings.